The summed E-state index contributed by atoms with van der Waals surface area (Å²) in [4.78, 5) is 24.3. The molecule has 1 unspecified atom stereocenters. The molecule has 18 heavy (non-hydrogen) atoms. The number of urea groups is 1. The molecule has 0 radical (unpaired) electrons. The van der Waals surface area contributed by atoms with Gasteiger partial charge in [0.05, 0.1) is 0 Å². The summed E-state index contributed by atoms with van der Waals surface area (Å²) in [7, 11) is 0. The van der Waals surface area contributed by atoms with Crippen molar-refractivity contribution < 1.29 is 14.7 Å². The van der Waals surface area contributed by atoms with Crippen LogP contribution < -0.4 is 5.32 Å². The fraction of sp³-hybridized carbons (Fsp3) is 0.667. The Bertz CT molecular complexity index is 341. The van der Waals surface area contributed by atoms with E-state index < -0.39 is 12.0 Å². The molecule has 0 spiro atoms. The number of carbonyl (C=O) groups excluding carboxylic acids is 1. The number of rotatable bonds is 5. The molecule has 1 heterocycles. The maximum absolute atomic E-state index is 11.8. The predicted molar refractivity (Wildman–Crippen MR) is 71.5 cm³/mol. The lowest BCUT2D eigenvalue weighted by molar-refractivity contribution is -0.141. The molecule has 100 valence electrons. The number of carbonyl (C=O) groups is 2. The number of nitrogens with zero attached hydrogens (tertiary/aromatic N) is 1. The van der Waals surface area contributed by atoms with Crippen molar-refractivity contribution in [2.75, 3.05) is 24.6 Å². The van der Waals surface area contributed by atoms with Gasteiger partial charge in [-0.05, 0) is 12.8 Å². The first kappa shape index (κ1) is 14.7. The summed E-state index contributed by atoms with van der Waals surface area (Å²) in [5.74, 6) is 2.84. The summed E-state index contributed by atoms with van der Waals surface area (Å²) in [6.45, 7) is 1.02. The van der Waals surface area contributed by atoms with E-state index in [1.165, 1.54) is 4.90 Å². The van der Waals surface area contributed by atoms with E-state index >= 15 is 0 Å². The average Bonchev–Trinajstić information content (AvgIpc) is 2.38. The molecule has 1 atom stereocenters. The number of nitrogens with one attached hydrogen (secondary N) is 1. The maximum Gasteiger partial charge on any atom is 0.327 e. The summed E-state index contributed by atoms with van der Waals surface area (Å²) in [5.41, 5.74) is 0. The van der Waals surface area contributed by atoms with E-state index in [1.807, 2.05) is 0 Å². The molecule has 0 aliphatic carbocycles. The zero-order chi connectivity index (χ0) is 13.4. The van der Waals surface area contributed by atoms with Crippen LogP contribution in [-0.2, 0) is 4.79 Å². The minimum atomic E-state index is -0.940. The van der Waals surface area contributed by atoms with Gasteiger partial charge in [-0.2, -0.15) is 11.8 Å². The molecule has 1 fully saturated rings. The van der Waals surface area contributed by atoms with Gasteiger partial charge in [-0.25, -0.2) is 9.59 Å². The van der Waals surface area contributed by atoms with Gasteiger partial charge in [0, 0.05) is 31.0 Å². The third-order valence-electron chi connectivity index (χ3n) is 2.70. The summed E-state index contributed by atoms with van der Waals surface area (Å²) in [6.07, 6.45) is 7.51. The highest BCUT2D eigenvalue weighted by Gasteiger charge is 2.32. The Balaban J connectivity index is 2.34. The number of terminal acetylenes is 1. The number of carboxylic acids is 1. The topological polar surface area (TPSA) is 69.6 Å². The van der Waals surface area contributed by atoms with Gasteiger partial charge in [0.2, 0.25) is 0 Å². The molecule has 0 saturated carbocycles. The van der Waals surface area contributed by atoms with Crippen LogP contribution >= 0.6 is 11.8 Å². The lowest BCUT2D eigenvalue weighted by Crippen LogP contribution is -2.53. The van der Waals surface area contributed by atoms with Crippen LogP contribution in [0.2, 0.25) is 0 Å². The number of aliphatic carboxylic acids is 1. The highest BCUT2D eigenvalue weighted by atomic mass is 32.2. The molecule has 5 nitrogen and oxygen atoms in total. The van der Waals surface area contributed by atoms with E-state index in [-0.39, 0.29) is 6.03 Å². The summed E-state index contributed by atoms with van der Waals surface area (Å²) in [6, 6.07) is -1.00. The molecule has 0 bridgehead atoms. The summed E-state index contributed by atoms with van der Waals surface area (Å²) < 4.78 is 0. The van der Waals surface area contributed by atoms with E-state index in [4.69, 9.17) is 11.5 Å². The van der Waals surface area contributed by atoms with Gasteiger partial charge < -0.3 is 15.3 Å². The van der Waals surface area contributed by atoms with Crippen LogP contribution in [0, 0.1) is 12.3 Å². The normalized spacial score (nSPS) is 19.1. The Hall–Kier alpha value is -1.35. The first-order chi connectivity index (χ1) is 8.66. The second-order valence-corrected chi connectivity index (χ2v) is 5.17. The summed E-state index contributed by atoms with van der Waals surface area (Å²) in [5, 5.41) is 11.8. The average molecular weight is 270 g/mol. The molecular formula is C12H18N2O3S. The Morgan fingerprint density at radius 2 is 2.28 bits per heavy atom. The van der Waals surface area contributed by atoms with Crippen molar-refractivity contribution in [1.29, 1.82) is 0 Å². The molecule has 2 amide bonds. The molecule has 1 aliphatic heterocycles. The Morgan fingerprint density at radius 3 is 2.94 bits per heavy atom. The van der Waals surface area contributed by atoms with Crippen LogP contribution in [0.3, 0.4) is 0 Å². The van der Waals surface area contributed by atoms with Crippen molar-refractivity contribution in [3.05, 3.63) is 0 Å². The Labute approximate surface area is 111 Å². The van der Waals surface area contributed by atoms with Gasteiger partial charge in [0.25, 0.3) is 0 Å². The Morgan fingerprint density at radius 1 is 1.50 bits per heavy atom. The lowest BCUT2D eigenvalue weighted by Gasteiger charge is -2.32. The number of hydrogen-bond donors (Lipinski definition) is 2. The van der Waals surface area contributed by atoms with Crippen molar-refractivity contribution in [3.8, 4) is 12.3 Å². The highest BCUT2D eigenvalue weighted by molar-refractivity contribution is 7.99. The molecule has 0 aromatic heterocycles. The molecule has 6 heteroatoms. The van der Waals surface area contributed by atoms with Gasteiger partial charge >= 0.3 is 12.0 Å². The fourth-order valence-electron chi connectivity index (χ4n) is 1.70. The van der Waals surface area contributed by atoms with Crippen LogP contribution in [0.15, 0.2) is 0 Å². The van der Waals surface area contributed by atoms with E-state index in [1.54, 1.807) is 11.8 Å². The third-order valence-corrected chi connectivity index (χ3v) is 3.72. The molecule has 0 aromatic rings. The van der Waals surface area contributed by atoms with E-state index in [2.05, 4.69) is 11.2 Å². The minimum absolute atomic E-state index is 0.289. The van der Waals surface area contributed by atoms with Crippen LogP contribution in [0.4, 0.5) is 4.79 Å². The number of thioether (sulfide) groups is 1. The van der Waals surface area contributed by atoms with Crippen molar-refractivity contribution in [2.24, 2.45) is 0 Å². The zero-order valence-corrected chi connectivity index (χ0v) is 11.0. The van der Waals surface area contributed by atoms with Crippen LogP contribution in [-0.4, -0.2) is 52.6 Å². The van der Waals surface area contributed by atoms with Gasteiger partial charge in [-0.1, -0.05) is 0 Å². The lowest BCUT2D eigenvalue weighted by atomic mass is 10.2. The number of unbranched alkanes of at least 4 members (excludes halogenated alkanes) is 2. The predicted octanol–water partition coefficient (Wildman–Crippen LogP) is 1.00. The fourth-order valence-corrected chi connectivity index (χ4v) is 2.74. The van der Waals surface area contributed by atoms with Crippen molar-refractivity contribution >= 4 is 23.8 Å². The number of amides is 2. The van der Waals surface area contributed by atoms with E-state index in [9.17, 15) is 9.59 Å². The maximum atomic E-state index is 11.8. The third kappa shape index (κ3) is 4.49. The van der Waals surface area contributed by atoms with Crippen molar-refractivity contribution in [1.82, 2.24) is 10.2 Å². The smallest absolute Gasteiger partial charge is 0.327 e. The molecule has 1 rings (SSSR count). The first-order valence-electron chi connectivity index (χ1n) is 5.95. The highest BCUT2D eigenvalue weighted by Crippen LogP contribution is 2.16. The van der Waals surface area contributed by atoms with Crippen LogP contribution in [0.1, 0.15) is 19.3 Å². The van der Waals surface area contributed by atoms with Gasteiger partial charge in [0.1, 0.15) is 6.04 Å². The van der Waals surface area contributed by atoms with Gasteiger partial charge in [0.15, 0.2) is 0 Å². The van der Waals surface area contributed by atoms with Gasteiger partial charge in [-0.15, -0.1) is 12.3 Å². The second-order valence-electron chi connectivity index (χ2n) is 4.02. The first-order valence-corrected chi connectivity index (χ1v) is 7.10. The number of carboxylic acid groups (broad SMARTS) is 1. The minimum Gasteiger partial charge on any atom is -0.480 e. The number of hydrogen-bond acceptors (Lipinski definition) is 3. The largest absolute Gasteiger partial charge is 0.480 e. The standard InChI is InChI=1S/C12H18N2O3S/c1-2-3-4-5-6-13-12(17)14-7-8-18-9-10(14)11(15)16/h1,10H,3-9H2,(H,13,17)(H,15,16). The molecular weight excluding hydrogens is 252 g/mol. The molecule has 2 N–H and O–H groups in total. The van der Waals surface area contributed by atoms with Crippen molar-refractivity contribution in [3.63, 3.8) is 0 Å². The molecule has 0 aromatic carbocycles. The molecule has 1 saturated heterocycles. The van der Waals surface area contributed by atoms with Crippen LogP contribution in [0.5, 0.6) is 0 Å². The quantitative estimate of drug-likeness (QED) is 0.577. The zero-order valence-electron chi connectivity index (χ0n) is 10.2. The monoisotopic (exact) mass is 270 g/mol. The van der Waals surface area contributed by atoms with E-state index in [0.29, 0.717) is 25.3 Å². The molecule has 1 aliphatic rings. The Kier molecular flexibility index (Phi) is 6.44. The van der Waals surface area contributed by atoms with Crippen molar-refractivity contribution in [2.45, 2.75) is 25.3 Å². The SMILES string of the molecule is C#CCCCCNC(=O)N1CCSCC1C(=O)O. The van der Waals surface area contributed by atoms with Gasteiger partial charge in [-0.3, -0.25) is 0 Å². The van der Waals surface area contributed by atoms with Crippen LogP contribution in [0.25, 0.3) is 0 Å². The summed E-state index contributed by atoms with van der Waals surface area (Å²) >= 11 is 1.56. The van der Waals surface area contributed by atoms with E-state index in [0.717, 1.165) is 18.6 Å². The second kappa shape index (κ2) is 7.88.